The van der Waals surface area contributed by atoms with Crippen molar-refractivity contribution in [3.8, 4) is 0 Å². The van der Waals surface area contributed by atoms with Crippen LogP contribution in [0.3, 0.4) is 0 Å². The van der Waals surface area contributed by atoms with Crippen LogP contribution in [0.1, 0.15) is 32.8 Å². The van der Waals surface area contributed by atoms with E-state index in [-0.39, 0.29) is 17.6 Å². The molecule has 0 unspecified atom stereocenters. The summed E-state index contributed by atoms with van der Waals surface area (Å²) in [6, 6.07) is 4.69. The van der Waals surface area contributed by atoms with E-state index in [0.29, 0.717) is 56.3 Å². The van der Waals surface area contributed by atoms with Crippen LogP contribution in [0.4, 0.5) is 4.39 Å². The van der Waals surface area contributed by atoms with Gasteiger partial charge in [0.25, 0.3) is 0 Å². The Balaban J connectivity index is 1.76. The van der Waals surface area contributed by atoms with Gasteiger partial charge in [0.1, 0.15) is 5.82 Å². The number of hydrogen-bond donors (Lipinski definition) is 1. The summed E-state index contributed by atoms with van der Waals surface area (Å²) >= 11 is 6.08. The van der Waals surface area contributed by atoms with Gasteiger partial charge in [-0.15, -0.1) is 0 Å². The van der Waals surface area contributed by atoms with Crippen LogP contribution in [0.2, 0.25) is 5.02 Å². The summed E-state index contributed by atoms with van der Waals surface area (Å²) in [6.45, 7) is 8.84. The van der Waals surface area contributed by atoms with Gasteiger partial charge in [0.05, 0.1) is 0 Å². The van der Waals surface area contributed by atoms with Crippen molar-refractivity contribution in [2.75, 3.05) is 32.7 Å². The Morgan fingerprint density at radius 2 is 1.85 bits per heavy atom. The third kappa shape index (κ3) is 5.68. The van der Waals surface area contributed by atoms with E-state index in [1.165, 1.54) is 6.07 Å². The van der Waals surface area contributed by atoms with E-state index in [2.05, 4.69) is 10.2 Å². The number of rotatable bonds is 5. The van der Waals surface area contributed by atoms with Crippen molar-refractivity contribution in [1.29, 1.82) is 0 Å². The van der Waals surface area contributed by atoms with Gasteiger partial charge >= 0.3 is 0 Å². The highest BCUT2D eigenvalue weighted by Crippen LogP contribution is 2.21. The summed E-state index contributed by atoms with van der Waals surface area (Å²) in [4.78, 5) is 28.0. The first-order valence-corrected chi connectivity index (χ1v) is 9.27. The molecule has 1 aliphatic heterocycles. The molecule has 26 heavy (non-hydrogen) atoms. The van der Waals surface area contributed by atoms with E-state index in [1.807, 2.05) is 20.8 Å². The lowest BCUT2D eigenvalue weighted by atomic mass is 9.96. The molecule has 7 heteroatoms. The van der Waals surface area contributed by atoms with Crippen molar-refractivity contribution in [3.05, 3.63) is 34.6 Å². The van der Waals surface area contributed by atoms with Gasteiger partial charge in [-0.1, -0.05) is 38.4 Å². The molecule has 0 bridgehead atoms. The van der Waals surface area contributed by atoms with Crippen molar-refractivity contribution < 1.29 is 14.0 Å². The molecule has 1 aromatic carbocycles. The van der Waals surface area contributed by atoms with Crippen LogP contribution in [0.25, 0.3) is 0 Å². The Bertz CT molecular complexity index is 632. The molecule has 0 atom stereocenters. The van der Waals surface area contributed by atoms with Crippen molar-refractivity contribution >= 4 is 23.4 Å². The number of hydrogen-bond acceptors (Lipinski definition) is 3. The first kappa shape index (κ1) is 20.6. The molecule has 2 rings (SSSR count). The molecule has 0 aromatic heterocycles. The van der Waals surface area contributed by atoms with Crippen molar-refractivity contribution in [1.82, 2.24) is 15.1 Å². The highest BCUT2D eigenvalue weighted by Gasteiger charge is 2.24. The molecule has 1 N–H and O–H groups in total. The van der Waals surface area contributed by atoms with Crippen LogP contribution in [0.5, 0.6) is 0 Å². The molecule has 144 valence electrons. The predicted octanol–water partition coefficient (Wildman–Crippen LogP) is 2.68. The first-order valence-electron chi connectivity index (χ1n) is 8.90. The molecule has 1 aromatic rings. The van der Waals surface area contributed by atoms with Crippen LogP contribution in [-0.2, 0) is 16.1 Å². The van der Waals surface area contributed by atoms with E-state index >= 15 is 0 Å². The van der Waals surface area contributed by atoms with Gasteiger partial charge < -0.3 is 10.2 Å². The van der Waals surface area contributed by atoms with Crippen molar-refractivity contribution in [2.45, 2.75) is 33.7 Å². The summed E-state index contributed by atoms with van der Waals surface area (Å²) in [6.07, 6.45) is 0.293. The second kappa shape index (κ2) is 8.82. The lowest BCUT2D eigenvalue weighted by Gasteiger charge is -2.35. The van der Waals surface area contributed by atoms with Crippen LogP contribution in [0.15, 0.2) is 18.2 Å². The number of nitrogens with one attached hydrogen (secondary N) is 1. The van der Waals surface area contributed by atoms with Crippen molar-refractivity contribution in [2.24, 2.45) is 5.41 Å². The fourth-order valence-corrected chi connectivity index (χ4v) is 2.99. The molecule has 0 radical (unpaired) electrons. The fourth-order valence-electron chi connectivity index (χ4n) is 2.77. The molecule has 1 heterocycles. The third-order valence-corrected chi connectivity index (χ3v) is 4.83. The highest BCUT2D eigenvalue weighted by atomic mass is 35.5. The van der Waals surface area contributed by atoms with Gasteiger partial charge in [0.2, 0.25) is 11.8 Å². The zero-order chi connectivity index (χ0) is 19.3. The lowest BCUT2D eigenvalue weighted by Crippen LogP contribution is -2.49. The standard InChI is InChI=1S/C19H27ClFN3O2/c1-19(2,3)18(26)22-8-7-17(25)24-11-9-23(10-12-24)13-14-15(20)5-4-6-16(14)21/h4-6H,7-13H2,1-3H3,(H,22,26). The second-order valence-corrected chi connectivity index (χ2v) is 8.02. The molecule has 0 spiro atoms. The zero-order valence-electron chi connectivity index (χ0n) is 15.6. The number of benzene rings is 1. The van der Waals surface area contributed by atoms with Crippen LogP contribution >= 0.6 is 11.6 Å². The lowest BCUT2D eigenvalue weighted by molar-refractivity contribution is -0.133. The molecule has 1 fully saturated rings. The zero-order valence-corrected chi connectivity index (χ0v) is 16.4. The summed E-state index contributed by atoms with van der Waals surface area (Å²) in [7, 11) is 0. The van der Waals surface area contributed by atoms with Crippen LogP contribution in [-0.4, -0.2) is 54.3 Å². The van der Waals surface area contributed by atoms with Gasteiger partial charge in [0, 0.05) is 61.7 Å². The Kier molecular flexibility index (Phi) is 7.01. The summed E-state index contributed by atoms with van der Waals surface area (Å²) in [5, 5.41) is 3.22. The topological polar surface area (TPSA) is 52.7 Å². The molecule has 5 nitrogen and oxygen atoms in total. The van der Waals surface area contributed by atoms with Gasteiger partial charge in [-0.3, -0.25) is 14.5 Å². The first-order chi connectivity index (χ1) is 12.2. The SMILES string of the molecule is CC(C)(C)C(=O)NCCC(=O)N1CCN(Cc2c(F)cccc2Cl)CC1. The summed E-state index contributed by atoms with van der Waals surface area (Å²) in [5.74, 6) is -0.328. The molecule has 2 amide bonds. The fraction of sp³-hybridized carbons (Fsp3) is 0.579. The van der Waals surface area contributed by atoms with E-state index in [0.717, 1.165) is 0 Å². The summed E-state index contributed by atoms with van der Waals surface area (Å²) in [5.41, 5.74) is 0.0432. The normalized spacial score (nSPS) is 15.8. The van der Waals surface area contributed by atoms with E-state index < -0.39 is 5.41 Å². The largest absolute Gasteiger partial charge is 0.355 e. The molecule has 0 saturated carbocycles. The van der Waals surface area contributed by atoms with E-state index in [9.17, 15) is 14.0 Å². The Morgan fingerprint density at radius 1 is 1.19 bits per heavy atom. The maximum absolute atomic E-state index is 13.9. The highest BCUT2D eigenvalue weighted by molar-refractivity contribution is 6.31. The van der Waals surface area contributed by atoms with Gasteiger partial charge in [-0.25, -0.2) is 4.39 Å². The Hall–Kier alpha value is -1.66. The number of piperazine rings is 1. The quantitative estimate of drug-likeness (QED) is 0.850. The number of amides is 2. The minimum absolute atomic E-state index is 0.0304. The number of carbonyl (C=O) groups excluding carboxylic acids is 2. The number of carbonyl (C=O) groups is 2. The average Bonchev–Trinajstić information content (AvgIpc) is 2.58. The summed E-state index contributed by atoms with van der Waals surface area (Å²) < 4.78 is 13.9. The van der Waals surface area contributed by atoms with Gasteiger partial charge in [0.15, 0.2) is 0 Å². The average molecular weight is 384 g/mol. The van der Waals surface area contributed by atoms with Crippen molar-refractivity contribution in [3.63, 3.8) is 0 Å². The molecular weight excluding hydrogens is 357 g/mol. The van der Waals surface area contributed by atoms with E-state index in [1.54, 1.807) is 17.0 Å². The monoisotopic (exact) mass is 383 g/mol. The smallest absolute Gasteiger partial charge is 0.225 e. The molecular formula is C19H27ClFN3O2. The van der Waals surface area contributed by atoms with Crippen LogP contribution < -0.4 is 5.32 Å². The van der Waals surface area contributed by atoms with Crippen LogP contribution in [0, 0.1) is 11.2 Å². The molecule has 0 aliphatic carbocycles. The maximum atomic E-state index is 13.9. The minimum atomic E-state index is -0.456. The number of nitrogens with zero attached hydrogens (tertiary/aromatic N) is 2. The van der Waals surface area contributed by atoms with Gasteiger partial charge in [-0.05, 0) is 12.1 Å². The number of halogens is 2. The molecule has 1 saturated heterocycles. The Morgan fingerprint density at radius 3 is 2.42 bits per heavy atom. The molecule has 1 aliphatic rings. The second-order valence-electron chi connectivity index (χ2n) is 7.61. The Labute approximate surface area is 159 Å². The third-order valence-electron chi connectivity index (χ3n) is 4.47. The van der Waals surface area contributed by atoms with Gasteiger partial charge in [-0.2, -0.15) is 0 Å². The predicted molar refractivity (Wildman–Crippen MR) is 100 cm³/mol. The minimum Gasteiger partial charge on any atom is -0.355 e. The van der Waals surface area contributed by atoms with E-state index in [4.69, 9.17) is 11.6 Å². The maximum Gasteiger partial charge on any atom is 0.225 e.